The van der Waals surface area contributed by atoms with Crippen molar-refractivity contribution in [2.75, 3.05) is 0 Å². The fraction of sp³-hybridized carbons (Fsp3) is 0.647. The smallest absolute Gasteiger partial charge is 0.142 e. The van der Waals surface area contributed by atoms with E-state index in [0.29, 0.717) is 12.1 Å². The van der Waals surface area contributed by atoms with Crippen LogP contribution in [0.1, 0.15) is 57.9 Å². The third kappa shape index (κ3) is 4.68. The van der Waals surface area contributed by atoms with Crippen molar-refractivity contribution in [1.82, 2.24) is 5.32 Å². The second kappa shape index (κ2) is 7.90. The predicted molar refractivity (Wildman–Crippen MR) is 85.5 cm³/mol. The van der Waals surface area contributed by atoms with Gasteiger partial charge in [-0.1, -0.05) is 50.4 Å². The molecule has 0 amide bonds. The van der Waals surface area contributed by atoms with E-state index in [-0.39, 0.29) is 0 Å². The predicted octanol–water partition coefficient (Wildman–Crippen LogP) is 4.94. The number of halogens is 1. The van der Waals surface area contributed by atoms with Crippen LogP contribution >= 0.6 is 11.6 Å². The summed E-state index contributed by atoms with van der Waals surface area (Å²) in [5, 5.41) is 4.17. The normalized spacial score (nSPS) is 17.2. The summed E-state index contributed by atoms with van der Waals surface area (Å²) >= 11 is 6.35. The standard InChI is InChI=1S/C17H26ClNO/c1-13(2)19-12-14-8-7-11-16(18)17(14)20-15-9-5-3-4-6-10-15/h7-8,11,13,15,19H,3-6,9-10,12H2,1-2H3. The Bertz CT molecular complexity index is 411. The lowest BCUT2D eigenvalue weighted by atomic mass is 10.1. The van der Waals surface area contributed by atoms with Crippen LogP contribution in [0.2, 0.25) is 5.02 Å². The molecule has 20 heavy (non-hydrogen) atoms. The second-order valence-corrected chi connectivity index (χ2v) is 6.40. The minimum Gasteiger partial charge on any atom is -0.489 e. The molecule has 1 aromatic rings. The maximum Gasteiger partial charge on any atom is 0.142 e. The zero-order valence-electron chi connectivity index (χ0n) is 12.6. The van der Waals surface area contributed by atoms with Crippen LogP contribution in [0.4, 0.5) is 0 Å². The van der Waals surface area contributed by atoms with Crippen molar-refractivity contribution >= 4 is 11.6 Å². The minimum absolute atomic E-state index is 0.329. The first-order valence-corrected chi connectivity index (χ1v) is 8.22. The van der Waals surface area contributed by atoms with Crippen LogP contribution in [0.3, 0.4) is 0 Å². The highest BCUT2D eigenvalue weighted by molar-refractivity contribution is 6.32. The molecule has 0 aliphatic heterocycles. The van der Waals surface area contributed by atoms with E-state index in [4.69, 9.17) is 16.3 Å². The quantitative estimate of drug-likeness (QED) is 0.777. The summed E-state index contributed by atoms with van der Waals surface area (Å²) in [4.78, 5) is 0. The van der Waals surface area contributed by atoms with Crippen LogP contribution in [-0.4, -0.2) is 12.1 Å². The van der Waals surface area contributed by atoms with Gasteiger partial charge in [-0.15, -0.1) is 0 Å². The van der Waals surface area contributed by atoms with Crippen molar-refractivity contribution in [2.24, 2.45) is 0 Å². The van der Waals surface area contributed by atoms with Crippen LogP contribution < -0.4 is 10.1 Å². The van der Waals surface area contributed by atoms with E-state index in [1.165, 1.54) is 25.7 Å². The highest BCUT2D eigenvalue weighted by atomic mass is 35.5. The van der Waals surface area contributed by atoms with E-state index in [1.807, 2.05) is 12.1 Å². The van der Waals surface area contributed by atoms with Crippen molar-refractivity contribution in [3.8, 4) is 5.75 Å². The molecule has 0 heterocycles. The Morgan fingerprint density at radius 3 is 2.55 bits per heavy atom. The van der Waals surface area contributed by atoms with Gasteiger partial charge >= 0.3 is 0 Å². The Kier molecular flexibility index (Phi) is 6.18. The topological polar surface area (TPSA) is 21.3 Å². The van der Waals surface area contributed by atoms with Gasteiger partial charge in [-0.25, -0.2) is 0 Å². The first-order valence-electron chi connectivity index (χ1n) is 7.84. The molecule has 1 saturated carbocycles. The Morgan fingerprint density at radius 2 is 1.90 bits per heavy atom. The van der Waals surface area contributed by atoms with E-state index in [2.05, 4.69) is 25.2 Å². The highest BCUT2D eigenvalue weighted by Crippen LogP contribution is 2.32. The fourth-order valence-corrected chi connectivity index (χ4v) is 2.90. The van der Waals surface area contributed by atoms with Crippen LogP contribution in [-0.2, 0) is 6.54 Å². The number of ether oxygens (including phenoxy) is 1. The van der Waals surface area contributed by atoms with Crippen molar-refractivity contribution in [1.29, 1.82) is 0 Å². The molecule has 1 aromatic carbocycles. The van der Waals surface area contributed by atoms with E-state index >= 15 is 0 Å². The minimum atomic E-state index is 0.329. The molecule has 2 rings (SSSR count). The number of hydrogen-bond donors (Lipinski definition) is 1. The van der Waals surface area contributed by atoms with Gasteiger partial charge in [0.2, 0.25) is 0 Å². The van der Waals surface area contributed by atoms with Gasteiger partial charge in [0.1, 0.15) is 5.75 Å². The van der Waals surface area contributed by atoms with Crippen LogP contribution in [0.15, 0.2) is 18.2 Å². The molecule has 0 bridgehead atoms. The molecule has 2 nitrogen and oxygen atoms in total. The van der Waals surface area contributed by atoms with Crippen molar-refractivity contribution in [3.05, 3.63) is 28.8 Å². The van der Waals surface area contributed by atoms with Gasteiger partial charge in [0.05, 0.1) is 11.1 Å². The molecular formula is C17H26ClNO. The summed E-state index contributed by atoms with van der Waals surface area (Å²) in [5.74, 6) is 0.884. The zero-order valence-corrected chi connectivity index (χ0v) is 13.4. The molecule has 0 radical (unpaired) electrons. The van der Waals surface area contributed by atoms with Gasteiger partial charge in [0.25, 0.3) is 0 Å². The highest BCUT2D eigenvalue weighted by Gasteiger charge is 2.17. The lowest BCUT2D eigenvalue weighted by Crippen LogP contribution is -2.23. The third-order valence-corrected chi connectivity index (χ3v) is 4.13. The molecule has 0 spiro atoms. The number of hydrogen-bond acceptors (Lipinski definition) is 2. The molecule has 112 valence electrons. The summed E-state index contributed by atoms with van der Waals surface area (Å²) in [7, 11) is 0. The van der Waals surface area contributed by atoms with Crippen LogP contribution in [0, 0.1) is 0 Å². The first kappa shape index (κ1) is 15.7. The Balaban J connectivity index is 2.07. The third-order valence-electron chi connectivity index (χ3n) is 3.84. The molecule has 0 unspecified atom stereocenters. The number of nitrogens with one attached hydrogen (secondary N) is 1. The molecule has 0 atom stereocenters. The molecule has 1 aliphatic carbocycles. The lowest BCUT2D eigenvalue weighted by molar-refractivity contribution is 0.181. The molecule has 0 saturated heterocycles. The van der Waals surface area contributed by atoms with Crippen molar-refractivity contribution in [3.63, 3.8) is 0 Å². The molecule has 1 aliphatic rings. The van der Waals surface area contributed by atoms with Gasteiger partial charge in [0.15, 0.2) is 0 Å². The fourth-order valence-electron chi connectivity index (χ4n) is 2.67. The number of benzene rings is 1. The summed E-state index contributed by atoms with van der Waals surface area (Å²) in [6, 6.07) is 6.49. The van der Waals surface area contributed by atoms with Gasteiger partial charge in [-0.05, 0) is 31.7 Å². The Labute approximate surface area is 127 Å². The van der Waals surface area contributed by atoms with Crippen LogP contribution in [0.25, 0.3) is 0 Å². The Morgan fingerprint density at radius 1 is 1.20 bits per heavy atom. The molecule has 0 aromatic heterocycles. The molecule has 3 heteroatoms. The van der Waals surface area contributed by atoms with Crippen LogP contribution in [0.5, 0.6) is 5.75 Å². The SMILES string of the molecule is CC(C)NCc1cccc(Cl)c1OC1CCCCCC1. The summed E-state index contributed by atoms with van der Waals surface area (Å²) in [5.41, 5.74) is 1.16. The summed E-state index contributed by atoms with van der Waals surface area (Å²) < 4.78 is 6.26. The van der Waals surface area contributed by atoms with E-state index in [1.54, 1.807) is 0 Å². The average Bonchev–Trinajstić information content (AvgIpc) is 2.68. The zero-order chi connectivity index (χ0) is 14.4. The maximum absolute atomic E-state index is 6.35. The monoisotopic (exact) mass is 295 g/mol. The van der Waals surface area contributed by atoms with Crippen molar-refractivity contribution < 1.29 is 4.74 Å². The van der Waals surface area contributed by atoms with Crippen molar-refractivity contribution in [2.45, 2.75) is 71.1 Å². The van der Waals surface area contributed by atoms with Gasteiger partial charge < -0.3 is 10.1 Å². The first-order chi connectivity index (χ1) is 9.66. The second-order valence-electron chi connectivity index (χ2n) is 6.00. The summed E-state index contributed by atoms with van der Waals surface area (Å²) in [6.07, 6.45) is 7.86. The lowest BCUT2D eigenvalue weighted by Gasteiger charge is -2.21. The number of rotatable bonds is 5. The maximum atomic E-state index is 6.35. The Hall–Kier alpha value is -0.730. The molecular weight excluding hydrogens is 270 g/mol. The largest absolute Gasteiger partial charge is 0.489 e. The van der Waals surface area contributed by atoms with E-state index < -0.39 is 0 Å². The van der Waals surface area contributed by atoms with Gasteiger partial charge in [0, 0.05) is 18.2 Å². The van der Waals surface area contributed by atoms with E-state index in [9.17, 15) is 0 Å². The summed E-state index contributed by atoms with van der Waals surface area (Å²) in [6.45, 7) is 5.10. The molecule has 1 fully saturated rings. The molecule has 1 N–H and O–H groups in total. The average molecular weight is 296 g/mol. The van der Waals surface area contributed by atoms with Gasteiger partial charge in [-0.3, -0.25) is 0 Å². The number of para-hydroxylation sites is 1. The van der Waals surface area contributed by atoms with E-state index in [0.717, 1.165) is 35.7 Å². The van der Waals surface area contributed by atoms with Gasteiger partial charge in [-0.2, -0.15) is 0 Å².